The Morgan fingerprint density at radius 2 is 2.00 bits per heavy atom. The Balaban J connectivity index is 1.73. The van der Waals surface area contributed by atoms with Gasteiger partial charge in [0.05, 0.1) is 12.2 Å². The summed E-state index contributed by atoms with van der Waals surface area (Å²) in [4.78, 5) is 12.1. The number of H-pyrrole nitrogens is 1. The molecule has 2 aromatic heterocycles. The molecule has 0 spiro atoms. The van der Waals surface area contributed by atoms with E-state index in [1.807, 2.05) is 35.8 Å². The summed E-state index contributed by atoms with van der Waals surface area (Å²) < 4.78 is 39.6. The van der Waals surface area contributed by atoms with E-state index >= 15 is 0 Å². The van der Waals surface area contributed by atoms with Crippen molar-refractivity contribution in [1.82, 2.24) is 20.0 Å². The number of carbonyl (C=O) groups is 1. The predicted molar refractivity (Wildman–Crippen MR) is 88.8 cm³/mol. The van der Waals surface area contributed by atoms with E-state index < -0.39 is 17.8 Å². The van der Waals surface area contributed by atoms with E-state index in [0.717, 1.165) is 17.0 Å². The molecule has 1 aromatic carbocycles. The lowest BCUT2D eigenvalue weighted by molar-refractivity contribution is -0.141. The Morgan fingerprint density at radius 1 is 1.23 bits per heavy atom. The van der Waals surface area contributed by atoms with Crippen LogP contribution in [0, 0.1) is 13.8 Å². The van der Waals surface area contributed by atoms with Crippen molar-refractivity contribution in [3.8, 4) is 0 Å². The van der Waals surface area contributed by atoms with Gasteiger partial charge >= 0.3 is 6.18 Å². The SMILES string of the molecule is Cc1cc(C)n(Cc2cccc(NC(=O)c3cc(C(F)(F)F)[nH]n3)c2)n1. The topological polar surface area (TPSA) is 75.6 Å². The smallest absolute Gasteiger partial charge is 0.321 e. The number of hydrogen-bond acceptors (Lipinski definition) is 3. The Bertz CT molecular complexity index is 942. The Labute approximate surface area is 147 Å². The molecular weight excluding hydrogens is 347 g/mol. The molecule has 0 atom stereocenters. The third-order valence-corrected chi connectivity index (χ3v) is 3.74. The van der Waals surface area contributed by atoms with Gasteiger partial charge in [-0.05, 0) is 37.6 Å². The van der Waals surface area contributed by atoms with Crippen LogP contribution in [0.25, 0.3) is 0 Å². The summed E-state index contributed by atoms with van der Waals surface area (Å²) in [6, 6.07) is 9.66. The normalized spacial score (nSPS) is 11.6. The van der Waals surface area contributed by atoms with E-state index in [2.05, 4.69) is 15.5 Å². The van der Waals surface area contributed by atoms with Gasteiger partial charge in [-0.25, -0.2) is 0 Å². The molecule has 0 radical (unpaired) electrons. The van der Waals surface area contributed by atoms with Gasteiger partial charge in [-0.15, -0.1) is 0 Å². The fourth-order valence-electron chi connectivity index (χ4n) is 2.53. The maximum atomic E-state index is 12.6. The number of carbonyl (C=O) groups excluding carboxylic acids is 1. The zero-order valence-electron chi connectivity index (χ0n) is 14.1. The lowest BCUT2D eigenvalue weighted by Crippen LogP contribution is -2.13. The predicted octanol–water partition coefficient (Wildman–Crippen LogP) is 3.54. The van der Waals surface area contributed by atoms with E-state index in [1.165, 1.54) is 0 Å². The highest BCUT2D eigenvalue weighted by Crippen LogP contribution is 2.27. The van der Waals surface area contributed by atoms with Crippen LogP contribution in [0.15, 0.2) is 36.4 Å². The van der Waals surface area contributed by atoms with E-state index in [9.17, 15) is 18.0 Å². The first kappa shape index (κ1) is 17.7. The zero-order valence-corrected chi connectivity index (χ0v) is 14.1. The number of aromatic amines is 1. The molecule has 0 aliphatic heterocycles. The first-order valence-corrected chi connectivity index (χ1v) is 7.76. The molecule has 1 amide bonds. The number of benzene rings is 1. The third kappa shape index (κ3) is 3.93. The van der Waals surface area contributed by atoms with Crippen LogP contribution in [0.2, 0.25) is 0 Å². The number of rotatable bonds is 4. The second-order valence-corrected chi connectivity index (χ2v) is 5.90. The van der Waals surface area contributed by atoms with E-state index in [0.29, 0.717) is 18.3 Å². The molecule has 3 aromatic rings. The second kappa shape index (κ2) is 6.66. The van der Waals surface area contributed by atoms with Crippen molar-refractivity contribution in [2.75, 3.05) is 5.32 Å². The molecule has 0 aliphatic carbocycles. The summed E-state index contributed by atoms with van der Waals surface area (Å²) in [5.41, 5.74) is 1.87. The third-order valence-electron chi connectivity index (χ3n) is 3.74. The number of aryl methyl sites for hydroxylation is 2. The summed E-state index contributed by atoms with van der Waals surface area (Å²) in [6.07, 6.45) is -4.58. The minimum atomic E-state index is -4.58. The van der Waals surface area contributed by atoms with Gasteiger partial charge in [-0.1, -0.05) is 12.1 Å². The van der Waals surface area contributed by atoms with Crippen LogP contribution in [-0.2, 0) is 12.7 Å². The zero-order chi connectivity index (χ0) is 18.9. The van der Waals surface area contributed by atoms with Gasteiger partial charge in [0, 0.05) is 17.4 Å². The molecule has 0 bridgehead atoms. The van der Waals surface area contributed by atoms with Crippen LogP contribution in [0.1, 0.15) is 33.1 Å². The minimum Gasteiger partial charge on any atom is -0.321 e. The van der Waals surface area contributed by atoms with Crippen LogP contribution in [0.3, 0.4) is 0 Å². The molecule has 0 fully saturated rings. The largest absolute Gasteiger partial charge is 0.432 e. The molecule has 9 heteroatoms. The van der Waals surface area contributed by atoms with Crippen molar-refractivity contribution in [1.29, 1.82) is 0 Å². The highest BCUT2D eigenvalue weighted by atomic mass is 19.4. The minimum absolute atomic E-state index is 0.332. The maximum Gasteiger partial charge on any atom is 0.432 e. The lowest BCUT2D eigenvalue weighted by Gasteiger charge is -2.08. The van der Waals surface area contributed by atoms with Gasteiger partial charge in [0.15, 0.2) is 5.69 Å². The molecule has 26 heavy (non-hydrogen) atoms. The number of hydrogen-bond donors (Lipinski definition) is 2. The summed E-state index contributed by atoms with van der Waals surface area (Å²) in [7, 11) is 0. The molecule has 2 heterocycles. The average molecular weight is 363 g/mol. The maximum absolute atomic E-state index is 12.6. The number of anilines is 1. The van der Waals surface area contributed by atoms with E-state index in [1.54, 1.807) is 18.2 Å². The van der Waals surface area contributed by atoms with Crippen molar-refractivity contribution in [3.05, 3.63) is 64.7 Å². The lowest BCUT2D eigenvalue weighted by atomic mass is 10.2. The number of halogens is 3. The van der Waals surface area contributed by atoms with Crippen molar-refractivity contribution >= 4 is 11.6 Å². The quantitative estimate of drug-likeness (QED) is 0.744. The number of aromatic nitrogens is 4. The molecule has 2 N–H and O–H groups in total. The number of amides is 1. The van der Waals surface area contributed by atoms with Gasteiger partial charge in [0.2, 0.25) is 0 Å². The standard InChI is InChI=1S/C17H16F3N5O/c1-10-6-11(2)25(24-10)9-12-4-3-5-13(7-12)21-16(26)14-8-15(23-22-14)17(18,19)20/h3-8H,9H2,1-2H3,(H,21,26)(H,22,23). The van der Waals surface area contributed by atoms with Crippen LogP contribution in [0.4, 0.5) is 18.9 Å². The molecule has 0 saturated carbocycles. The van der Waals surface area contributed by atoms with Crippen molar-refractivity contribution < 1.29 is 18.0 Å². The highest BCUT2D eigenvalue weighted by Gasteiger charge is 2.33. The number of nitrogens with zero attached hydrogens (tertiary/aromatic N) is 3. The number of nitrogens with one attached hydrogen (secondary N) is 2. The fourth-order valence-corrected chi connectivity index (χ4v) is 2.53. The van der Waals surface area contributed by atoms with Gasteiger partial charge in [0.1, 0.15) is 5.69 Å². The summed E-state index contributed by atoms with van der Waals surface area (Å²) >= 11 is 0. The van der Waals surface area contributed by atoms with Crippen LogP contribution in [0.5, 0.6) is 0 Å². The summed E-state index contributed by atoms with van der Waals surface area (Å²) in [5, 5.41) is 12.2. The molecular formula is C17H16F3N5O. The Kier molecular flexibility index (Phi) is 4.54. The molecule has 6 nitrogen and oxygen atoms in total. The second-order valence-electron chi connectivity index (χ2n) is 5.90. The van der Waals surface area contributed by atoms with Gasteiger partial charge in [-0.2, -0.15) is 23.4 Å². The molecule has 3 rings (SSSR count). The highest BCUT2D eigenvalue weighted by molar-refractivity contribution is 6.02. The number of alkyl halides is 3. The molecule has 136 valence electrons. The summed E-state index contributed by atoms with van der Waals surface area (Å²) in [6.45, 7) is 4.37. The van der Waals surface area contributed by atoms with Gasteiger partial charge in [0.25, 0.3) is 5.91 Å². The molecule has 0 aliphatic rings. The van der Waals surface area contributed by atoms with Crippen molar-refractivity contribution in [3.63, 3.8) is 0 Å². The van der Waals surface area contributed by atoms with Crippen LogP contribution in [-0.4, -0.2) is 25.9 Å². The molecule has 0 saturated heterocycles. The monoisotopic (exact) mass is 363 g/mol. The molecule has 0 unspecified atom stereocenters. The van der Waals surface area contributed by atoms with Gasteiger partial charge < -0.3 is 5.32 Å². The fraction of sp³-hybridized carbons (Fsp3) is 0.235. The Morgan fingerprint density at radius 3 is 2.62 bits per heavy atom. The van der Waals surface area contributed by atoms with E-state index in [4.69, 9.17) is 0 Å². The average Bonchev–Trinajstić information content (AvgIpc) is 3.15. The first-order chi connectivity index (χ1) is 12.2. The van der Waals surface area contributed by atoms with Crippen molar-refractivity contribution in [2.24, 2.45) is 0 Å². The first-order valence-electron chi connectivity index (χ1n) is 7.76. The van der Waals surface area contributed by atoms with Crippen molar-refractivity contribution in [2.45, 2.75) is 26.6 Å². The summed E-state index contributed by atoms with van der Waals surface area (Å²) in [5.74, 6) is -0.722. The van der Waals surface area contributed by atoms with Crippen LogP contribution >= 0.6 is 0 Å². The van der Waals surface area contributed by atoms with E-state index in [-0.39, 0.29) is 5.69 Å². The van der Waals surface area contributed by atoms with Crippen LogP contribution < -0.4 is 5.32 Å². The van der Waals surface area contributed by atoms with Gasteiger partial charge in [-0.3, -0.25) is 14.6 Å². The Hall–Kier alpha value is -3.10.